The second kappa shape index (κ2) is 8.47. The SMILES string of the molecule is Cc1cc(C)cc(OCCNC(=O)CSCC(N)=O)c1. The molecule has 6 heteroatoms. The zero-order valence-corrected chi connectivity index (χ0v) is 12.6. The molecule has 0 fully saturated rings. The van der Waals surface area contributed by atoms with E-state index in [0.717, 1.165) is 16.9 Å². The molecule has 0 heterocycles. The molecule has 110 valence electrons. The highest BCUT2D eigenvalue weighted by molar-refractivity contribution is 8.00. The molecule has 0 atom stereocenters. The Bertz CT molecular complexity index is 457. The largest absolute Gasteiger partial charge is 0.492 e. The smallest absolute Gasteiger partial charge is 0.230 e. The molecule has 0 radical (unpaired) electrons. The number of benzene rings is 1. The Labute approximate surface area is 123 Å². The van der Waals surface area contributed by atoms with Crippen LogP contribution in [0.5, 0.6) is 5.75 Å². The molecule has 1 aromatic carbocycles. The maximum absolute atomic E-state index is 11.4. The van der Waals surface area contributed by atoms with Gasteiger partial charge in [0.05, 0.1) is 18.1 Å². The molecule has 0 aliphatic heterocycles. The van der Waals surface area contributed by atoms with Crippen LogP contribution in [0.15, 0.2) is 18.2 Å². The summed E-state index contributed by atoms with van der Waals surface area (Å²) in [4.78, 5) is 21.9. The van der Waals surface area contributed by atoms with Crippen molar-refractivity contribution >= 4 is 23.6 Å². The molecule has 0 aromatic heterocycles. The lowest BCUT2D eigenvalue weighted by Crippen LogP contribution is -2.30. The van der Waals surface area contributed by atoms with Gasteiger partial charge in [-0.3, -0.25) is 9.59 Å². The molecule has 0 aliphatic rings. The number of thioether (sulfide) groups is 1. The van der Waals surface area contributed by atoms with E-state index in [1.54, 1.807) is 0 Å². The molecule has 20 heavy (non-hydrogen) atoms. The van der Waals surface area contributed by atoms with Crippen LogP contribution in [-0.4, -0.2) is 36.5 Å². The summed E-state index contributed by atoms with van der Waals surface area (Å²) in [6.45, 7) is 4.87. The molecule has 0 saturated carbocycles. The van der Waals surface area contributed by atoms with Crippen molar-refractivity contribution in [3.05, 3.63) is 29.3 Å². The van der Waals surface area contributed by atoms with E-state index >= 15 is 0 Å². The third-order valence-corrected chi connectivity index (χ3v) is 3.32. The highest BCUT2D eigenvalue weighted by atomic mass is 32.2. The number of rotatable bonds is 8. The van der Waals surface area contributed by atoms with Gasteiger partial charge in [0.1, 0.15) is 12.4 Å². The first kappa shape index (κ1) is 16.4. The Morgan fingerprint density at radius 1 is 1.20 bits per heavy atom. The second-order valence-electron chi connectivity index (χ2n) is 4.48. The number of carbonyl (C=O) groups excluding carboxylic acids is 2. The molecule has 1 rings (SSSR count). The van der Waals surface area contributed by atoms with E-state index in [-0.39, 0.29) is 17.4 Å². The number of nitrogens with two attached hydrogens (primary N) is 1. The van der Waals surface area contributed by atoms with E-state index in [1.807, 2.05) is 26.0 Å². The van der Waals surface area contributed by atoms with Gasteiger partial charge in [0.2, 0.25) is 11.8 Å². The number of ether oxygens (including phenoxy) is 1. The third-order valence-electron chi connectivity index (χ3n) is 2.37. The molecule has 0 bridgehead atoms. The fourth-order valence-electron chi connectivity index (χ4n) is 1.67. The van der Waals surface area contributed by atoms with Crippen molar-refractivity contribution in [2.75, 3.05) is 24.7 Å². The van der Waals surface area contributed by atoms with E-state index in [1.165, 1.54) is 11.8 Å². The van der Waals surface area contributed by atoms with Crippen molar-refractivity contribution in [1.82, 2.24) is 5.32 Å². The summed E-state index contributed by atoms with van der Waals surface area (Å²) in [5, 5.41) is 2.72. The number of primary amides is 1. The van der Waals surface area contributed by atoms with Crippen molar-refractivity contribution in [3.8, 4) is 5.75 Å². The van der Waals surface area contributed by atoms with Crippen molar-refractivity contribution in [2.45, 2.75) is 13.8 Å². The number of hydrogen-bond acceptors (Lipinski definition) is 4. The lowest BCUT2D eigenvalue weighted by atomic mass is 10.1. The molecule has 0 spiro atoms. The van der Waals surface area contributed by atoms with E-state index in [4.69, 9.17) is 10.5 Å². The van der Waals surface area contributed by atoms with Gasteiger partial charge in [-0.1, -0.05) is 6.07 Å². The van der Waals surface area contributed by atoms with E-state index < -0.39 is 5.91 Å². The Balaban J connectivity index is 2.18. The molecular weight excluding hydrogens is 276 g/mol. The minimum atomic E-state index is -0.416. The molecular formula is C14H20N2O3S. The third kappa shape index (κ3) is 7.04. The van der Waals surface area contributed by atoms with Crippen LogP contribution in [0.4, 0.5) is 0 Å². The van der Waals surface area contributed by atoms with Crippen molar-refractivity contribution in [2.24, 2.45) is 5.73 Å². The fourth-order valence-corrected chi connectivity index (χ4v) is 2.26. The maximum Gasteiger partial charge on any atom is 0.230 e. The lowest BCUT2D eigenvalue weighted by Gasteiger charge is -2.09. The highest BCUT2D eigenvalue weighted by Crippen LogP contribution is 2.15. The summed E-state index contributed by atoms with van der Waals surface area (Å²) in [5.41, 5.74) is 7.27. The van der Waals surface area contributed by atoms with Gasteiger partial charge >= 0.3 is 0 Å². The minimum absolute atomic E-state index is 0.125. The minimum Gasteiger partial charge on any atom is -0.492 e. The van der Waals surface area contributed by atoms with Gasteiger partial charge in [-0.2, -0.15) is 0 Å². The average molecular weight is 296 g/mol. The molecule has 0 aliphatic carbocycles. The molecule has 3 N–H and O–H groups in total. The number of aryl methyl sites for hydroxylation is 2. The summed E-state index contributed by atoms with van der Waals surface area (Å²) in [5.74, 6) is 0.653. The molecule has 0 unspecified atom stereocenters. The van der Waals surface area contributed by atoms with Crippen LogP contribution in [0.3, 0.4) is 0 Å². The van der Waals surface area contributed by atoms with Crippen LogP contribution in [0, 0.1) is 13.8 Å². The Hall–Kier alpha value is -1.69. The first-order valence-electron chi connectivity index (χ1n) is 6.31. The summed E-state index contributed by atoms with van der Waals surface area (Å²) < 4.78 is 5.57. The molecule has 2 amide bonds. The van der Waals surface area contributed by atoms with Crippen LogP contribution >= 0.6 is 11.8 Å². The second-order valence-corrected chi connectivity index (χ2v) is 5.47. The van der Waals surface area contributed by atoms with Crippen molar-refractivity contribution in [3.63, 3.8) is 0 Å². The first-order valence-corrected chi connectivity index (χ1v) is 7.46. The number of amides is 2. The summed E-state index contributed by atoms with van der Waals surface area (Å²) in [6.07, 6.45) is 0. The Morgan fingerprint density at radius 3 is 2.45 bits per heavy atom. The van der Waals surface area contributed by atoms with Crippen molar-refractivity contribution in [1.29, 1.82) is 0 Å². The van der Waals surface area contributed by atoms with Gasteiger partial charge < -0.3 is 15.8 Å². The molecule has 0 saturated heterocycles. The van der Waals surface area contributed by atoms with E-state index in [0.29, 0.717) is 13.2 Å². The quantitative estimate of drug-likeness (QED) is 0.702. The van der Waals surface area contributed by atoms with Gasteiger partial charge in [0.15, 0.2) is 0 Å². The van der Waals surface area contributed by atoms with Crippen molar-refractivity contribution < 1.29 is 14.3 Å². The molecule has 5 nitrogen and oxygen atoms in total. The zero-order valence-electron chi connectivity index (χ0n) is 11.8. The lowest BCUT2D eigenvalue weighted by molar-refractivity contribution is -0.118. The van der Waals surface area contributed by atoms with Crippen LogP contribution in [0.2, 0.25) is 0 Å². The van der Waals surface area contributed by atoms with Gasteiger partial charge in [0, 0.05) is 0 Å². The Kier molecular flexibility index (Phi) is 6.93. The standard InChI is InChI=1S/C14H20N2O3S/c1-10-5-11(2)7-12(6-10)19-4-3-16-14(18)9-20-8-13(15)17/h5-7H,3-4,8-9H2,1-2H3,(H2,15,17)(H,16,18). The average Bonchev–Trinajstić information content (AvgIpc) is 2.33. The number of carbonyl (C=O) groups is 2. The number of nitrogens with one attached hydrogen (secondary N) is 1. The summed E-state index contributed by atoms with van der Waals surface area (Å²) >= 11 is 1.20. The monoisotopic (exact) mass is 296 g/mol. The molecule has 1 aromatic rings. The topological polar surface area (TPSA) is 81.4 Å². The number of hydrogen-bond donors (Lipinski definition) is 2. The summed E-state index contributed by atoms with van der Waals surface area (Å²) in [6, 6.07) is 5.99. The predicted octanol–water partition coefficient (Wildman–Crippen LogP) is 1.02. The van der Waals surface area contributed by atoms with Gasteiger partial charge in [-0.15, -0.1) is 11.8 Å². The first-order chi connectivity index (χ1) is 9.47. The Morgan fingerprint density at radius 2 is 1.85 bits per heavy atom. The van der Waals surface area contributed by atoms with Gasteiger partial charge in [-0.05, 0) is 37.1 Å². The predicted molar refractivity (Wildman–Crippen MR) is 80.9 cm³/mol. The normalized spacial score (nSPS) is 10.1. The fraction of sp³-hybridized carbons (Fsp3) is 0.429. The maximum atomic E-state index is 11.4. The van der Waals surface area contributed by atoms with Crippen LogP contribution in [0.25, 0.3) is 0 Å². The van der Waals surface area contributed by atoms with E-state index in [9.17, 15) is 9.59 Å². The summed E-state index contributed by atoms with van der Waals surface area (Å²) in [7, 11) is 0. The zero-order chi connectivity index (χ0) is 15.0. The highest BCUT2D eigenvalue weighted by Gasteiger charge is 2.03. The van der Waals surface area contributed by atoms with Crippen LogP contribution in [0.1, 0.15) is 11.1 Å². The van der Waals surface area contributed by atoms with Crippen LogP contribution in [-0.2, 0) is 9.59 Å². The van der Waals surface area contributed by atoms with Gasteiger partial charge in [0.25, 0.3) is 0 Å². The van der Waals surface area contributed by atoms with E-state index in [2.05, 4.69) is 11.4 Å². The van der Waals surface area contributed by atoms with Crippen LogP contribution < -0.4 is 15.8 Å². The van der Waals surface area contributed by atoms with Gasteiger partial charge in [-0.25, -0.2) is 0 Å².